The molecule has 58 heavy (non-hydrogen) atoms. The SMILES string of the molecule is OB(O)c1ccc(-c2c3ccccc3c(-c3ccccc3)c3ccccc23)cc1.OB(O)c1ccc(-c2c3ccccc3c(-c3ccccc3)c3ccccc23)cc1. The van der Waals surface area contributed by atoms with Gasteiger partial charge >= 0.3 is 14.2 Å². The first-order chi connectivity index (χ1) is 28.5. The fourth-order valence-corrected chi connectivity index (χ4v) is 8.35. The standard InChI is InChI=1S/2C26H19BO2/c2*28-27(29)20-16-14-19(15-17-20)26-23-12-6-4-10-21(23)25(18-8-2-1-3-9-18)22-11-5-7-13-24(22)26/h2*1-17,28-29H. The van der Waals surface area contributed by atoms with Crippen molar-refractivity contribution in [1.29, 1.82) is 0 Å². The van der Waals surface area contributed by atoms with Crippen LogP contribution in [-0.4, -0.2) is 34.3 Å². The highest BCUT2D eigenvalue weighted by molar-refractivity contribution is 6.59. The maximum absolute atomic E-state index is 9.45. The van der Waals surface area contributed by atoms with Crippen LogP contribution >= 0.6 is 0 Å². The third kappa shape index (κ3) is 6.85. The molecule has 0 aliphatic rings. The summed E-state index contributed by atoms with van der Waals surface area (Å²) < 4.78 is 0. The van der Waals surface area contributed by atoms with Crippen LogP contribution in [0, 0.1) is 0 Å². The molecule has 0 fully saturated rings. The van der Waals surface area contributed by atoms with Crippen LogP contribution in [0.2, 0.25) is 0 Å². The third-order valence-electron chi connectivity index (χ3n) is 11.0. The third-order valence-corrected chi connectivity index (χ3v) is 11.0. The molecule has 0 unspecified atom stereocenters. The molecule has 0 aromatic heterocycles. The predicted octanol–water partition coefficient (Wildman–Crippen LogP) is 10.0. The molecule has 10 aromatic rings. The summed E-state index contributed by atoms with van der Waals surface area (Å²) in [5.74, 6) is 0. The van der Waals surface area contributed by atoms with Gasteiger partial charge in [0.25, 0.3) is 0 Å². The lowest BCUT2D eigenvalue weighted by Gasteiger charge is -2.17. The van der Waals surface area contributed by atoms with E-state index in [0.29, 0.717) is 10.9 Å². The van der Waals surface area contributed by atoms with Crippen LogP contribution in [0.5, 0.6) is 0 Å². The van der Waals surface area contributed by atoms with Crippen molar-refractivity contribution in [3.8, 4) is 44.5 Å². The summed E-state index contributed by atoms with van der Waals surface area (Å²) in [6.45, 7) is 0. The van der Waals surface area contributed by atoms with Crippen LogP contribution in [0.1, 0.15) is 0 Å². The van der Waals surface area contributed by atoms with E-state index in [2.05, 4.69) is 146 Å². The van der Waals surface area contributed by atoms with E-state index >= 15 is 0 Å². The molecular weight excluding hydrogens is 710 g/mol. The second kappa shape index (κ2) is 16.0. The predicted molar refractivity (Wildman–Crippen MR) is 244 cm³/mol. The number of hydrogen-bond acceptors (Lipinski definition) is 4. The van der Waals surface area contributed by atoms with Crippen molar-refractivity contribution in [3.05, 3.63) is 206 Å². The molecule has 0 saturated heterocycles. The van der Waals surface area contributed by atoms with Crippen molar-refractivity contribution < 1.29 is 20.1 Å². The number of benzene rings is 10. The molecule has 4 nitrogen and oxygen atoms in total. The van der Waals surface area contributed by atoms with Crippen LogP contribution in [0.3, 0.4) is 0 Å². The Hall–Kier alpha value is -6.79. The fourth-order valence-electron chi connectivity index (χ4n) is 8.35. The zero-order chi connectivity index (χ0) is 39.6. The average Bonchev–Trinajstić information content (AvgIpc) is 3.28. The lowest BCUT2D eigenvalue weighted by atomic mass is 9.79. The van der Waals surface area contributed by atoms with Crippen molar-refractivity contribution >= 4 is 68.3 Å². The normalized spacial score (nSPS) is 11.1. The Morgan fingerprint density at radius 3 is 0.603 bits per heavy atom. The van der Waals surface area contributed by atoms with Gasteiger partial charge in [0.2, 0.25) is 0 Å². The van der Waals surface area contributed by atoms with E-state index in [1.807, 2.05) is 36.4 Å². The van der Waals surface area contributed by atoms with E-state index in [-0.39, 0.29) is 0 Å². The van der Waals surface area contributed by atoms with Gasteiger partial charge in [-0.15, -0.1) is 0 Å². The van der Waals surface area contributed by atoms with E-state index in [1.165, 1.54) is 65.3 Å². The Morgan fingerprint density at radius 2 is 0.397 bits per heavy atom. The van der Waals surface area contributed by atoms with Crippen LogP contribution in [0.15, 0.2) is 206 Å². The molecule has 6 heteroatoms. The number of fused-ring (bicyclic) bond motifs is 4. The largest absolute Gasteiger partial charge is 0.488 e. The van der Waals surface area contributed by atoms with Gasteiger partial charge < -0.3 is 20.1 Å². The minimum absolute atomic E-state index is 0.489. The first-order valence-electron chi connectivity index (χ1n) is 19.4. The van der Waals surface area contributed by atoms with Gasteiger partial charge in [-0.1, -0.05) is 206 Å². The van der Waals surface area contributed by atoms with E-state index in [4.69, 9.17) is 0 Å². The van der Waals surface area contributed by atoms with Crippen LogP contribution in [0.25, 0.3) is 87.6 Å². The molecule has 0 amide bonds. The quantitative estimate of drug-likeness (QED) is 0.101. The van der Waals surface area contributed by atoms with Crippen molar-refractivity contribution in [3.63, 3.8) is 0 Å². The van der Waals surface area contributed by atoms with Gasteiger partial charge in [-0.05, 0) is 98.5 Å². The lowest BCUT2D eigenvalue weighted by Crippen LogP contribution is -2.29. The van der Waals surface area contributed by atoms with Gasteiger partial charge in [-0.2, -0.15) is 0 Å². The van der Waals surface area contributed by atoms with Crippen LogP contribution in [0.4, 0.5) is 0 Å². The molecule has 0 aliphatic heterocycles. The first-order valence-corrected chi connectivity index (χ1v) is 19.4. The summed E-state index contributed by atoms with van der Waals surface area (Å²) in [5, 5.41) is 47.3. The highest BCUT2D eigenvalue weighted by atomic mass is 16.4. The molecule has 0 spiro atoms. The zero-order valence-electron chi connectivity index (χ0n) is 31.6. The van der Waals surface area contributed by atoms with Gasteiger partial charge in [0.15, 0.2) is 0 Å². The van der Waals surface area contributed by atoms with Gasteiger partial charge in [0.1, 0.15) is 0 Å². The summed E-state index contributed by atoms with van der Waals surface area (Å²) in [7, 11) is -2.92. The monoisotopic (exact) mass is 748 g/mol. The highest BCUT2D eigenvalue weighted by Gasteiger charge is 2.19. The zero-order valence-corrected chi connectivity index (χ0v) is 31.6. The van der Waals surface area contributed by atoms with Gasteiger partial charge in [0, 0.05) is 0 Å². The fraction of sp³-hybridized carbons (Fsp3) is 0. The molecule has 0 aliphatic carbocycles. The Morgan fingerprint density at radius 1 is 0.207 bits per heavy atom. The van der Waals surface area contributed by atoms with Crippen molar-refractivity contribution in [2.75, 3.05) is 0 Å². The molecule has 0 bridgehead atoms. The first kappa shape index (κ1) is 36.8. The molecule has 0 atom stereocenters. The van der Waals surface area contributed by atoms with Crippen LogP contribution < -0.4 is 10.9 Å². The minimum atomic E-state index is -1.46. The van der Waals surface area contributed by atoms with Crippen molar-refractivity contribution in [2.45, 2.75) is 0 Å². The molecule has 0 heterocycles. The second-order valence-electron chi connectivity index (χ2n) is 14.4. The Balaban J connectivity index is 0.000000150. The van der Waals surface area contributed by atoms with E-state index < -0.39 is 14.2 Å². The molecule has 276 valence electrons. The number of rotatable bonds is 6. The van der Waals surface area contributed by atoms with Gasteiger partial charge in [0.05, 0.1) is 0 Å². The Bertz CT molecular complexity index is 2720. The molecule has 0 radical (unpaired) electrons. The number of hydrogen-bond donors (Lipinski definition) is 4. The van der Waals surface area contributed by atoms with Crippen molar-refractivity contribution in [2.24, 2.45) is 0 Å². The average molecular weight is 748 g/mol. The minimum Gasteiger partial charge on any atom is -0.423 e. The van der Waals surface area contributed by atoms with Crippen molar-refractivity contribution in [1.82, 2.24) is 0 Å². The van der Waals surface area contributed by atoms with Gasteiger partial charge in [-0.3, -0.25) is 0 Å². The Labute approximate surface area is 337 Å². The summed E-state index contributed by atoms with van der Waals surface area (Å²) in [4.78, 5) is 0. The lowest BCUT2D eigenvalue weighted by molar-refractivity contribution is 0.424. The molecule has 10 aromatic carbocycles. The van der Waals surface area contributed by atoms with E-state index in [0.717, 1.165) is 22.3 Å². The molecule has 10 rings (SSSR count). The summed E-state index contributed by atoms with van der Waals surface area (Å²) in [6.07, 6.45) is 0. The summed E-state index contributed by atoms with van der Waals surface area (Å²) in [6, 6.07) is 69.9. The maximum atomic E-state index is 9.45. The van der Waals surface area contributed by atoms with E-state index in [9.17, 15) is 20.1 Å². The summed E-state index contributed by atoms with van der Waals surface area (Å²) in [5.41, 5.74) is 10.3. The Kier molecular flexibility index (Phi) is 10.2. The van der Waals surface area contributed by atoms with Crippen LogP contribution in [-0.2, 0) is 0 Å². The molecule has 4 N–H and O–H groups in total. The molecule has 0 saturated carbocycles. The topological polar surface area (TPSA) is 80.9 Å². The smallest absolute Gasteiger partial charge is 0.423 e. The second-order valence-corrected chi connectivity index (χ2v) is 14.4. The highest BCUT2D eigenvalue weighted by Crippen LogP contribution is 2.45. The van der Waals surface area contributed by atoms with Gasteiger partial charge in [-0.25, -0.2) is 0 Å². The summed E-state index contributed by atoms with van der Waals surface area (Å²) >= 11 is 0. The molecular formula is C52H38B2O4. The van der Waals surface area contributed by atoms with E-state index in [1.54, 1.807) is 24.3 Å². The maximum Gasteiger partial charge on any atom is 0.488 e.